The van der Waals surface area contributed by atoms with Crippen molar-refractivity contribution in [2.24, 2.45) is 5.73 Å². The van der Waals surface area contributed by atoms with Crippen molar-refractivity contribution in [1.82, 2.24) is 9.88 Å². The lowest BCUT2D eigenvalue weighted by Crippen LogP contribution is -2.31. The largest absolute Gasteiger partial charge is 0.329 e. The van der Waals surface area contributed by atoms with Gasteiger partial charge in [0.1, 0.15) is 11.6 Å². The van der Waals surface area contributed by atoms with Crippen LogP contribution in [0.1, 0.15) is 17.2 Å². The van der Waals surface area contributed by atoms with Crippen LogP contribution in [0.15, 0.2) is 42.7 Å². The van der Waals surface area contributed by atoms with Gasteiger partial charge in [-0.1, -0.05) is 12.1 Å². The molecule has 2 N–H and O–H groups in total. The van der Waals surface area contributed by atoms with Crippen LogP contribution in [0.25, 0.3) is 0 Å². The summed E-state index contributed by atoms with van der Waals surface area (Å²) < 4.78 is 26.8. The normalized spacial score (nSPS) is 12.7. The summed E-state index contributed by atoms with van der Waals surface area (Å²) in [6, 6.07) is 7.06. The van der Waals surface area contributed by atoms with Gasteiger partial charge in [-0.05, 0) is 24.7 Å². The Labute approximate surface area is 117 Å². The summed E-state index contributed by atoms with van der Waals surface area (Å²) in [4.78, 5) is 5.97. The molecule has 1 atom stereocenters. The summed E-state index contributed by atoms with van der Waals surface area (Å²) in [6.07, 6.45) is 3.45. The molecule has 0 radical (unpaired) electrons. The average molecular weight is 277 g/mol. The van der Waals surface area contributed by atoms with E-state index in [1.807, 2.05) is 24.1 Å². The maximum absolute atomic E-state index is 13.9. The summed E-state index contributed by atoms with van der Waals surface area (Å²) in [6.45, 7) is 0.839. The molecule has 0 bridgehead atoms. The van der Waals surface area contributed by atoms with Gasteiger partial charge in [0, 0.05) is 43.2 Å². The molecule has 1 unspecified atom stereocenters. The van der Waals surface area contributed by atoms with Crippen LogP contribution in [0.3, 0.4) is 0 Å². The van der Waals surface area contributed by atoms with Gasteiger partial charge in [-0.15, -0.1) is 0 Å². The van der Waals surface area contributed by atoms with Gasteiger partial charge in [0.15, 0.2) is 0 Å². The van der Waals surface area contributed by atoms with Crippen LogP contribution in [0.2, 0.25) is 0 Å². The van der Waals surface area contributed by atoms with E-state index >= 15 is 0 Å². The summed E-state index contributed by atoms with van der Waals surface area (Å²) in [7, 11) is 1.85. The molecule has 0 amide bonds. The number of hydrogen-bond donors (Lipinski definition) is 1. The van der Waals surface area contributed by atoms with Crippen LogP contribution in [0.4, 0.5) is 8.78 Å². The third-order valence-electron chi connectivity index (χ3n) is 3.23. The fourth-order valence-corrected chi connectivity index (χ4v) is 2.21. The fraction of sp³-hybridized carbons (Fsp3) is 0.267. The molecular weight excluding hydrogens is 260 g/mol. The first-order chi connectivity index (χ1) is 9.61. The van der Waals surface area contributed by atoms with Gasteiger partial charge >= 0.3 is 0 Å². The lowest BCUT2D eigenvalue weighted by Gasteiger charge is -2.27. The van der Waals surface area contributed by atoms with Crippen LogP contribution in [0.5, 0.6) is 0 Å². The maximum atomic E-state index is 13.9. The van der Waals surface area contributed by atoms with Crippen LogP contribution < -0.4 is 5.73 Å². The van der Waals surface area contributed by atoms with Crippen molar-refractivity contribution in [3.05, 3.63) is 65.5 Å². The van der Waals surface area contributed by atoms with Crippen LogP contribution in [0, 0.1) is 11.6 Å². The molecule has 0 aliphatic heterocycles. The first-order valence-corrected chi connectivity index (χ1v) is 6.36. The molecule has 0 spiro atoms. The average Bonchev–Trinajstić information content (AvgIpc) is 2.43. The Kier molecular flexibility index (Phi) is 4.76. The molecule has 2 aromatic rings. The van der Waals surface area contributed by atoms with E-state index in [1.54, 1.807) is 12.4 Å². The van der Waals surface area contributed by atoms with Gasteiger partial charge in [-0.3, -0.25) is 9.88 Å². The molecule has 1 aromatic carbocycles. The number of pyridine rings is 1. The van der Waals surface area contributed by atoms with Crippen LogP contribution in [-0.4, -0.2) is 23.5 Å². The molecule has 1 aromatic heterocycles. The molecule has 5 heteroatoms. The topological polar surface area (TPSA) is 42.2 Å². The summed E-state index contributed by atoms with van der Waals surface area (Å²) in [5.74, 6) is -1.16. The van der Waals surface area contributed by atoms with Gasteiger partial charge in [0.05, 0.1) is 0 Å². The number of benzene rings is 1. The monoisotopic (exact) mass is 277 g/mol. The quantitative estimate of drug-likeness (QED) is 0.913. The van der Waals surface area contributed by atoms with E-state index < -0.39 is 11.6 Å². The Morgan fingerprint density at radius 1 is 1.30 bits per heavy atom. The Morgan fingerprint density at radius 3 is 2.70 bits per heavy atom. The van der Waals surface area contributed by atoms with Crippen LogP contribution in [-0.2, 0) is 6.54 Å². The van der Waals surface area contributed by atoms with Crippen molar-refractivity contribution >= 4 is 0 Å². The minimum Gasteiger partial charge on any atom is -0.329 e. The van der Waals surface area contributed by atoms with E-state index in [9.17, 15) is 8.78 Å². The number of hydrogen-bond acceptors (Lipinski definition) is 3. The minimum atomic E-state index is -0.586. The van der Waals surface area contributed by atoms with E-state index in [-0.39, 0.29) is 12.6 Å². The van der Waals surface area contributed by atoms with Gasteiger partial charge in [0.2, 0.25) is 0 Å². The van der Waals surface area contributed by atoms with E-state index in [1.165, 1.54) is 12.1 Å². The fourth-order valence-electron chi connectivity index (χ4n) is 2.21. The predicted molar refractivity (Wildman–Crippen MR) is 73.9 cm³/mol. The van der Waals surface area contributed by atoms with E-state index in [0.717, 1.165) is 11.6 Å². The van der Waals surface area contributed by atoms with Crippen molar-refractivity contribution in [3.8, 4) is 0 Å². The highest BCUT2D eigenvalue weighted by Gasteiger charge is 2.19. The zero-order valence-electron chi connectivity index (χ0n) is 11.3. The molecule has 20 heavy (non-hydrogen) atoms. The smallest absolute Gasteiger partial charge is 0.130 e. The van der Waals surface area contributed by atoms with Crippen molar-refractivity contribution in [2.75, 3.05) is 13.6 Å². The van der Waals surface area contributed by atoms with E-state index in [0.29, 0.717) is 12.1 Å². The highest BCUT2D eigenvalue weighted by molar-refractivity contribution is 5.23. The molecule has 106 valence electrons. The summed E-state index contributed by atoms with van der Waals surface area (Å²) in [5.41, 5.74) is 7.16. The van der Waals surface area contributed by atoms with Crippen molar-refractivity contribution < 1.29 is 8.78 Å². The number of nitrogens with two attached hydrogens (primary N) is 1. The zero-order valence-corrected chi connectivity index (χ0v) is 11.3. The SMILES string of the molecule is CN(Cc1cccnc1)C(CN)c1ccc(F)cc1F. The lowest BCUT2D eigenvalue weighted by atomic mass is 10.0. The van der Waals surface area contributed by atoms with Crippen LogP contribution >= 0.6 is 0 Å². The highest BCUT2D eigenvalue weighted by Crippen LogP contribution is 2.23. The molecule has 0 aliphatic carbocycles. The predicted octanol–water partition coefficient (Wildman–Crippen LogP) is 2.49. The molecule has 0 saturated heterocycles. The Balaban J connectivity index is 2.19. The van der Waals surface area contributed by atoms with Gasteiger partial charge < -0.3 is 5.73 Å². The molecule has 1 heterocycles. The van der Waals surface area contributed by atoms with Crippen molar-refractivity contribution in [2.45, 2.75) is 12.6 Å². The zero-order chi connectivity index (χ0) is 14.5. The Morgan fingerprint density at radius 2 is 2.10 bits per heavy atom. The van der Waals surface area contributed by atoms with Crippen molar-refractivity contribution in [1.29, 1.82) is 0 Å². The number of halogens is 2. The van der Waals surface area contributed by atoms with Gasteiger partial charge in [-0.2, -0.15) is 0 Å². The lowest BCUT2D eigenvalue weighted by molar-refractivity contribution is 0.236. The maximum Gasteiger partial charge on any atom is 0.130 e. The third-order valence-corrected chi connectivity index (χ3v) is 3.23. The standard InChI is InChI=1S/C15H17F2N3/c1-20(10-11-3-2-6-19-9-11)15(8-18)13-5-4-12(16)7-14(13)17/h2-7,9,15H,8,10,18H2,1H3. The minimum absolute atomic E-state index is 0.249. The Hall–Kier alpha value is -1.85. The second kappa shape index (κ2) is 6.54. The number of likely N-dealkylation sites (N-methyl/N-ethyl adjacent to an activating group) is 1. The summed E-state index contributed by atoms with van der Waals surface area (Å²) in [5, 5.41) is 0. The van der Waals surface area contributed by atoms with Crippen molar-refractivity contribution in [3.63, 3.8) is 0 Å². The first-order valence-electron chi connectivity index (χ1n) is 6.36. The highest BCUT2D eigenvalue weighted by atomic mass is 19.1. The first kappa shape index (κ1) is 14.6. The number of rotatable bonds is 5. The molecular formula is C15H17F2N3. The second-order valence-corrected chi connectivity index (χ2v) is 4.69. The molecule has 0 saturated carbocycles. The van der Waals surface area contributed by atoms with E-state index in [2.05, 4.69) is 4.98 Å². The number of nitrogens with zero attached hydrogens (tertiary/aromatic N) is 2. The van der Waals surface area contributed by atoms with E-state index in [4.69, 9.17) is 5.73 Å². The molecule has 2 rings (SSSR count). The number of aromatic nitrogens is 1. The Bertz CT molecular complexity index is 560. The summed E-state index contributed by atoms with van der Waals surface area (Å²) >= 11 is 0. The van der Waals surface area contributed by atoms with Gasteiger partial charge in [-0.25, -0.2) is 8.78 Å². The molecule has 0 fully saturated rings. The van der Waals surface area contributed by atoms with Gasteiger partial charge in [0.25, 0.3) is 0 Å². The second-order valence-electron chi connectivity index (χ2n) is 4.69. The molecule has 3 nitrogen and oxygen atoms in total. The molecule has 0 aliphatic rings. The third kappa shape index (κ3) is 3.37.